The van der Waals surface area contributed by atoms with Crippen molar-refractivity contribution in [2.75, 3.05) is 20.8 Å². The van der Waals surface area contributed by atoms with Crippen molar-refractivity contribution in [1.82, 2.24) is 5.32 Å². The van der Waals surface area contributed by atoms with Crippen LogP contribution in [0, 0.1) is 0 Å². The van der Waals surface area contributed by atoms with Crippen LogP contribution in [0.25, 0.3) is 0 Å². The Morgan fingerprint density at radius 3 is 2.71 bits per heavy atom. The molecule has 0 aromatic heterocycles. The minimum absolute atomic E-state index is 0.0126. The first-order valence-electron chi connectivity index (χ1n) is 4.68. The Labute approximate surface area is 84.7 Å². The van der Waals surface area contributed by atoms with Crippen LogP contribution in [-0.2, 0) is 11.3 Å². The van der Waals surface area contributed by atoms with Gasteiger partial charge in [-0.2, -0.15) is 0 Å². The van der Waals surface area contributed by atoms with Crippen molar-refractivity contribution in [3.63, 3.8) is 0 Å². The Bertz CT molecular complexity index is 272. The highest BCUT2D eigenvalue weighted by Gasteiger charge is 2.11. The molecule has 1 atom stereocenters. The van der Waals surface area contributed by atoms with Gasteiger partial charge in [0.15, 0.2) is 0 Å². The summed E-state index contributed by atoms with van der Waals surface area (Å²) in [6.45, 7) is 0.672. The van der Waals surface area contributed by atoms with E-state index in [0.717, 1.165) is 11.1 Å². The summed E-state index contributed by atoms with van der Waals surface area (Å²) >= 11 is 0. The lowest BCUT2D eigenvalue weighted by atomic mass is 10.0. The van der Waals surface area contributed by atoms with Crippen LogP contribution >= 0.6 is 0 Å². The smallest absolute Gasteiger partial charge is 0.0716 e. The fraction of sp³-hybridized carbons (Fsp3) is 0.455. The number of hydrogen-bond donors (Lipinski definition) is 2. The molecule has 0 aliphatic carbocycles. The van der Waals surface area contributed by atoms with Crippen molar-refractivity contribution in [2.24, 2.45) is 0 Å². The minimum atomic E-state index is -0.0126. The molecule has 0 bridgehead atoms. The minimum Gasteiger partial charge on any atom is -0.394 e. The lowest BCUT2D eigenvalue weighted by Gasteiger charge is -2.17. The molecule has 78 valence electrons. The zero-order chi connectivity index (χ0) is 10.4. The third kappa shape index (κ3) is 2.54. The van der Waals surface area contributed by atoms with Crippen LogP contribution in [0.3, 0.4) is 0 Å². The Balaban J connectivity index is 2.92. The summed E-state index contributed by atoms with van der Waals surface area (Å²) in [4.78, 5) is 0. The Kier molecular flexibility index (Phi) is 4.59. The van der Waals surface area contributed by atoms with E-state index in [2.05, 4.69) is 5.32 Å². The van der Waals surface area contributed by atoms with Crippen molar-refractivity contribution in [2.45, 2.75) is 12.6 Å². The van der Waals surface area contributed by atoms with Gasteiger partial charge in [0.2, 0.25) is 0 Å². The summed E-state index contributed by atoms with van der Waals surface area (Å²) in [6.07, 6.45) is 0. The first-order chi connectivity index (χ1) is 6.83. The molecule has 0 saturated heterocycles. The number of methoxy groups -OCH3 is 1. The van der Waals surface area contributed by atoms with E-state index in [-0.39, 0.29) is 12.6 Å². The summed E-state index contributed by atoms with van der Waals surface area (Å²) in [5.41, 5.74) is 2.21. The molecule has 3 nitrogen and oxygen atoms in total. The van der Waals surface area contributed by atoms with Crippen molar-refractivity contribution in [3.8, 4) is 0 Å². The maximum absolute atomic E-state index is 9.17. The van der Waals surface area contributed by atoms with Crippen LogP contribution < -0.4 is 5.32 Å². The molecule has 0 amide bonds. The van der Waals surface area contributed by atoms with Gasteiger partial charge in [0, 0.05) is 7.11 Å². The maximum atomic E-state index is 9.17. The van der Waals surface area contributed by atoms with E-state index in [1.54, 1.807) is 7.11 Å². The van der Waals surface area contributed by atoms with Gasteiger partial charge in [0.25, 0.3) is 0 Å². The van der Waals surface area contributed by atoms with Crippen LogP contribution in [-0.4, -0.2) is 25.9 Å². The van der Waals surface area contributed by atoms with Gasteiger partial charge in [-0.15, -0.1) is 0 Å². The third-order valence-electron chi connectivity index (χ3n) is 2.26. The highest BCUT2D eigenvalue weighted by atomic mass is 16.5. The predicted octanol–water partition coefficient (Wildman–Crippen LogP) is 1.09. The van der Waals surface area contributed by atoms with Crippen LogP contribution in [0.15, 0.2) is 24.3 Å². The topological polar surface area (TPSA) is 41.5 Å². The molecule has 1 rings (SSSR count). The molecule has 0 spiro atoms. The first kappa shape index (κ1) is 11.2. The van der Waals surface area contributed by atoms with Gasteiger partial charge < -0.3 is 15.2 Å². The van der Waals surface area contributed by atoms with Gasteiger partial charge in [0.05, 0.1) is 19.3 Å². The first-order valence-corrected chi connectivity index (χ1v) is 4.68. The molecule has 0 heterocycles. The van der Waals surface area contributed by atoms with E-state index in [0.29, 0.717) is 6.61 Å². The lowest BCUT2D eigenvalue weighted by molar-refractivity contribution is 0.182. The van der Waals surface area contributed by atoms with Gasteiger partial charge in [0.1, 0.15) is 0 Å². The maximum Gasteiger partial charge on any atom is 0.0716 e. The zero-order valence-corrected chi connectivity index (χ0v) is 8.66. The van der Waals surface area contributed by atoms with E-state index in [1.807, 2.05) is 31.3 Å². The number of ether oxygens (including phenoxy) is 1. The lowest BCUT2D eigenvalue weighted by Crippen LogP contribution is -2.21. The number of nitrogens with one attached hydrogen (secondary N) is 1. The second-order valence-electron chi connectivity index (χ2n) is 3.16. The van der Waals surface area contributed by atoms with Gasteiger partial charge in [-0.3, -0.25) is 0 Å². The van der Waals surface area contributed by atoms with Crippen molar-refractivity contribution in [3.05, 3.63) is 35.4 Å². The summed E-state index contributed by atoms with van der Waals surface area (Å²) in [7, 11) is 3.51. The molecule has 0 aliphatic heterocycles. The monoisotopic (exact) mass is 195 g/mol. The third-order valence-corrected chi connectivity index (χ3v) is 2.26. The van der Waals surface area contributed by atoms with Crippen LogP contribution in [0.1, 0.15) is 17.2 Å². The fourth-order valence-corrected chi connectivity index (χ4v) is 1.51. The van der Waals surface area contributed by atoms with Gasteiger partial charge >= 0.3 is 0 Å². The van der Waals surface area contributed by atoms with E-state index in [1.165, 1.54) is 0 Å². The Morgan fingerprint density at radius 1 is 1.43 bits per heavy atom. The van der Waals surface area contributed by atoms with Crippen LogP contribution in [0.5, 0.6) is 0 Å². The Morgan fingerprint density at radius 2 is 2.14 bits per heavy atom. The molecule has 0 radical (unpaired) electrons. The van der Waals surface area contributed by atoms with Crippen molar-refractivity contribution < 1.29 is 9.84 Å². The number of likely N-dealkylation sites (N-methyl/N-ethyl adjacent to an activating group) is 1. The van der Waals surface area contributed by atoms with E-state index in [4.69, 9.17) is 9.84 Å². The van der Waals surface area contributed by atoms with Crippen LogP contribution in [0.4, 0.5) is 0 Å². The van der Waals surface area contributed by atoms with E-state index in [9.17, 15) is 0 Å². The second kappa shape index (κ2) is 5.75. The quantitative estimate of drug-likeness (QED) is 0.739. The summed E-state index contributed by atoms with van der Waals surface area (Å²) in [6, 6.07) is 7.95. The highest BCUT2D eigenvalue weighted by molar-refractivity contribution is 5.29. The molecule has 0 saturated carbocycles. The number of aliphatic hydroxyl groups is 1. The zero-order valence-electron chi connectivity index (χ0n) is 8.66. The van der Waals surface area contributed by atoms with Crippen LogP contribution in [0.2, 0.25) is 0 Å². The Hall–Kier alpha value is -0.900. The van der Waals surface area contributed by atoms with Gasteiger partial charge in [-0.05, 0) is 18.2 Å². The fourth-order valence-electron chi connectivity index (χ4n) is 1.51. The molecule has 2 N–H and O–H groups in total. The molecule has 1 aromatic rings. The summed E-state index contributed by atoms with van der Waals surface area (Å²) in [5, 5.41) is 12.2. The van der Waals surface area contributed by atoms with Crippen molar-refractivity contribution in [1.29, 1.82) is 0 Å². The number of rotatable bonds is 5. The summed E-state index contributed by atoms with van der Waals surface area (Å²) < 4.78 is 5.10. The molecule has 0 aliphatic rings. The largest absolute Gasteiger partial charge is 0.394 e. The molecular formula is C11H17NO2. The average Bonchev–Trinajstić information content (AvgIpc) is 2.23. The van der Waals surface area contributed by atoms with E-state index < -0.39 is 0 Å². The number of benzene rings is 1. The van der Waals surface area contributed by atoms with Gasteiger partial charge in [-0.1, -0.05) is 24.3 Å². The molecule has 14 heavy (non-hydrogen) atoms. The molecule has 3 heteroatoms. The number of hydrogen-bond acceptors (Lipinski definition) is 3. The van der Waals surface area contributed by atoms with E-state index >= 15 is 0 Å². The molecule has 0 fully saturated rings. The van der Waals surface area contributed by atoms with Gasteiger partial charge in [-0.25, -0.2) is 0 Å². The summed E-state index contributed by atoms with van der Waals surface area (Å²) in [5.74, 6) is 0. The highest BCUT2D eigenvalue weighted by Crippen LogP contribution is 2.17. The SMILES string of the molecule is CNC(CO)c1ccccc1COC. The average molecular weight is 195 g/mol. The molecule has 1 aromatic carbocycles. The standard InChI is InChI=1S/C11H17NO2/c1-12-11(7-13)10-6-4-3-5-9(10)8-14-2/h3-6,11-13H,7-8H2,1-2H3. The second-order valence-corrected chi connectivity index (χ2v) is 3.16. The molecular weight excluding hydrogens is 178 g/mol. The number of aliphatic hydroxyl groups excluding tert-OH is 1. The normalized spacial score (nSPS) is 12.8. The predicted molar refractivity (Wildman–Crippen MR) is 56.0 cm³/mol. The van der Waals surface area contributed by atoms with Crippen molar-refractivity contribution >= 4 is 0 Å². The molecule has 1 unspecified atom stereocenters.